The Hall–Kier alpha value is -2.76. The number of methoxy groups -OCH3 is 1. The highest BCUT2D eigenvalue weighted by Crippen LogP contribution is 2.22. The first kappa shape index (κ1) is 13.7. The zero-order chi connectivity index (χ0) is 14.5. The van der Waals surface area contributed by atoms with E-state index in [1.807, 2.05) is 0 Å². The monoisotopic (exact) mass is 272 g/mol. The molecule has 6 heteroatoms. The molecule has 0 aliphatic carbocycles. The topological polar surface area (TPSA) is 82.3 Å². The number of carbonyl (C=O) groups is 1. The second-order valence-corrected chi connectivity index (χ2v) is 4.08. The molecule has 20 heavy (non-hydrogen) atoms. The standard InChI is InChI=1S/C14H12N2O4/c1-20-14(17)12-5-3-2-4-11(12)13-7-6-10(8-15-13)9-16(18)19/h2-8H,9H2,1H3. The molecule has 0 N–H and O–H groups in total. The lowest BCUT2D eigenvalue weighted by molar-refractivity contribution is -0.496. The smallest absolute Gasteiger partial charge is 0.338 e. The first-order valence-corrected chi connectivity index (χ1v) is 5.86. The molecule has 102 valence electrons. The average molecular weight is 272 g/mol. The Morgan fingerprint density at radius 1 is 1.30 bits per heavy atom. The molecule has 0 bridgehead atoms. The lowest BCUT2D eigenvalue weighted by Gasteiger charge is -2.07. The number of esters is 1. The van der Waals surface area contributed by atoms with Crippen LogP contribution in [0.2, 0.25) is 0 Å². The predicted octanol–water partition coefficient (Wildman–Crippen LogP) is 2.31. The molecule has 0 aliphatic heterocycles. The van der Waals surface area contributed by atoms with Gasteiger partial charge in [-0.3, -0.25) is 15.1 Å². The molecule has 0 radical (unpaired) electrons. The van der Waals surface area contributed by atoms with Crippen molar-refractivity contribution in [2.45, 2.75) is 6.54 Å². The van der Waals surface area contributed by atoms with E-state index >= 15 is 0 Å². The van der Waals surface area contributed by atoms with Crippen molar-refractivity contribution in [3.63, 3.8) is 0 Å². The fourth-order valence-corrected chi connectivity index (χ4v) is 1.82. The molecule has 0 saturated heterocycles. The molecule has 6 nitrogen and oxygen atoms in total. The molecular weight excluding hydrogens is 260 g/mol. The zero-order valence-corrected chi connectivity index (χ0v) is 10.8. The number of benzene rings is 1. The average Bonchev–Trinajstić information content (AvgIpc) is 2.46. The minimum Gasteiger partial charge on any atom is -0.465 e. The largest absolute Gasteiger partial charge is 0.465 e. The van der Waals surface area contributed by atoms with Crippen molar-refractivity contribution in [3.05, 3.63) is 63.8 Å². The van der Waals surface area contributed by atoms with Crippen molar-refractivity contribution >= 4 is 5.97 Å². The van der Waals surface area contributed by atoms with E-state index in [0.29, 0.717) is 22.4 Å². The van der Waals surface area contributed by atoms with E-state index in [0.717, 1.165) is 0 Å². The van der Waals surface area contributed by atoms with Crippen LogP contribution in [0.4, 0.5) is 0 Å². The van der Waals surface area contributed by atoms with Gasteiger partial charge in [0.1, 0.15) is 0 Å². The predicted molar refractivity (Wildman–Crippen MR) is 71.7 cm³/mol. The summed E-state index contributed by atoms with van der Waals surface area (Å²) in [5.74, 6) is -0.447. The minimum atomic E-state index is -0.447. The Labute approximate surface area is 115 Å². The van der Waals surface area contributed by atoms with E-state index < -0.39 is 10.9 Å². The minimum absolute atomic E-state index is 0.272. The van der Waals surface area contributed by atoms with Gasteiger partial charge >= 0.3 is 5.97 Å². The van der Waals surface area contributed by atoms with Crippen LogP contribution in [0.5, 0.6) is 0 Å². The fourth-order valence-electron chi connectivity index (χ4n) is 1.82. The number of pyridine rings is 1. The number of hydrogen-bond acceptors (Lipinski definition) is 5. The summed E-state index contributed by atoms with van der Waals surface area (Å²) in [6.07, 6.45) is 1.44. The Kier molecular flexibility index (Phi) is 4.05. The van der Waals surface area contributed by atoms with Crippen molar-refractivity contribution in [2.24, 2.45) is 0 Å². The SMILES string of the molecule is COC(=O)c1ccccc1-c1ccc(C[N+](=O)[O-])cn1. The molecule has 1 heterocycles. The van der Waals surface area contributed by atoms with Gasteiger partial charge in [-0.2, -0.15) is 0 Å². The lowest BCUT2D eigenvalue weighted by Crippen LogP contribution is -2.04. The molecule has 2 aromatic rings. The molecule has 0 spiro atoms. The summed E-state index contributed by atoms with van der Waals surface area (Å²) in [6.45, 7) is -0.272. The van der Waals surface area contributed by atoms with Crippen molar-refractivity contribution in [3.8, 4) is 11.3 Å². The quantitative estimate of drug-likeness (QED) is 0.484. The van der Waals surface area contributed by atoms with Gasteiger partial charge in [-0.25, -0.2) is 4.79 Å². The normalized spacial score (nSPS) is 10.1. The maximum Gasteiger partial charge on any atom is 0.338 e. The van der Waals surface area contributed by atoms with Gasteiger partial charge < -0.3 is 4.74 Å². The molecule has 2 rings (SSSR count). The third-order valence-corrected chi connectivity index (χ3v) is 2.74. The number of hydrogen-bond donors (Lipinski definition) is 0. The van der Waals surface area contributed by atoms with Gasteiger partial charge in [0.15, 0.2) is 0 Å². The van der Waals surface area contributed by atoms with Crippen LogP contribution in [0.15, 0.2) is 42.6 Å². The Morgan fingerprint density at radius 2 is 2.05 bits per heavy atom. The Balaban J connectivity index is 2.37. The van der Waals surface area contributed by atoms with Crippen LogP contribution in [0.3, 0.4) is 0 Å². The van der Waals surface area contributed by atoms with E-state index in [1.165, 1.54) is 13.3 Å². The first-order chi connectivity index (χ1) is 9.61. The number of carbonyl (C=O) groups excluding carboxylic acids is 1. The van der Waals surface area contributed by atoms with E-state index in [-0.39, 0.29) is 6.54 Å². The highest BCUT2D eigenvalue weighted by Gasteiger charge is 2.13. The first-order valence-electron chi connectivity index (χ1n) is 5.86. The summed E-state index contributed by atoms with van der Waals surface area (Å²) in [4.78, 5) is 25.9. The van der Waals surface area contributed by atoms with E-state index in [9.17, 15) is 14.9 Å². The van der Waals surface area contributed by atoms with E-state index in [1.54, 1.807) is 36.4 Å². The molecule has 1 aromatic carbocycles. The summed E-state index contributed by atoms with van der Waals surface area (Å²) >= 11 is 0. The fraction of sp³-hybridized carbons (Fsp3) is 0.143. The number of aromatic nitrogens is 1. The van der Waals surface area contributed by atoms with Crippen molar-refractivity contribution in [1.82, 2.24) is 4.98 Å². The van der Waals surface area contributed by atoms with Gasteiger partial charge in [-0.05, 0) is 18.2 Å². The summed E-state index contributed by atoms with van der Waals surface area (Å²) in [6, 6.07) is 10.2. The van der Waals surface area contributed by atoms with Gasteiger partial charge in [0.25, 0.3) is 0 Å². The van der Waals surface area contributed by atoms with Crippen molar-refractivity contribution in [1.29, 1.82) is 0 Å². The van der Waals surface area contributed by atoms with E-state index in [4.69, 9.17) is 4.74 Å². The van der Waals surface area contributed by atoms with Crippen LogP contribution in [0, 0.1) is 10.1 Å². The van der Waals surface area contributed by atoms with Crippen molar-refractivity contribution in [2.75, 3.05) is 7.11 Å². The van der Waals surface area contributed by atoms with Crippen LogP contribution in [0.25, 0.3) is 11.3 Å². The van der Waals surface area contributed by atoms with Gasteiger partial charge in [-0.15, -0.1) is 0 Å². The zero-order valence-electron chi connectivity index (χ0n) is 10.8. The van der Waals surface area contributed by atoms with Crippen LogP contribution < -0.4 is 0 Å². The molecule has 1 aromatic heterocycles. The Morgan fingerprint density at radius 3 is 2.65 bits per heavy atom. The van der Waals surface area contributed by atoms with Gasteiger partial charge in [-0.1, -0.05) is 18.2 Å². The number of nitrogens with zero attached hydrogens (tertiary/aromatic N) is 2. The van der Waals surface area contributed by atoms with Gasteiger partial charge in [0.2, 0.25) is 6.54 Å². The highest BCUT2D eigenvalue weighted by molar-refractivity contribution is 5.96. The maximum atomic E-state index is 11.7. The molecule has 0 atom stereocenters. The second-order valence-electron chi connectivity index (χ2n) is 4.08. The van der Waals surface area contributed by atoms with Crippen molar-refractivity contribution < 1.29 is 14.5 Å². The van der Waals surface area contributed by atoms with Gasteiger partial charge in [0, 0.05) is 22.2 Å². The van der Waals surface area contributed by atoms with Gasteiger partial charge in [0.05, 0.1) is 18.4 Å². The molecule has 0 fully saturated rings. The molecule has 0 amide bonds. The molecule has 0 unspecified atom stereocenters. The third kappa shape index (κ3) is 2.97. The third-order valence-electron chi connectivity index (χ3n) is 2.74. The van der Waals surface area contributed by atoms with Crippen LogP contribution in [-0.4, -0.2) is 23.0 Å². The molecule has 0 aliphatic rings. The summed E-state index contributed by atoms with van der Waals surface area (Å²) in [5.41, 5.74) is 2.11. The second kappa shape index (κ2) is 5.92. The van der Waals surface area contributed by atoms with E-state index in [2.05, 4.69) is 4.98 Å². The van der Waals surface area contributed by atoms with Crippen LogP contribution in [-0.2, 0) is 11.3 Å². The number of nitro groups is 1. The van der Waals surface area contributed by atoms with Crippen LogP contribution >= 0.6 is 0 Å². The Bertz CT molecular complexity index is 638. The summed E-state index contributed by atoms with van der Waals surface area (Å²) in [5, 5.41) is 10.4. The maximum absolute atomic E-state index is 11.7. The lowest BCUT2D eigenvalue weighted by atomic mass is 10.0. The highest BCUT2D eigenvalue weighted by atomic mass is 16.6. The molecular formula is C14H12N2O4. The number of rotatable bonds is 4. The summed E-state index contributed by atoms with van der Waals surface area (Å²) in [7, 11) is 1.31. The molecule has 0 saturated carbocycles. The number of ether oxygens (including phenoxy) is 1. The summed E-state index contributed by atoms with van der Waals surface area (Å²) < 4.78 is 4.72. The van der Waals surface area contributed by atoms with Crippen LogP contribution in [0.1, 0.15) is 15.9 Å².